The Balaban J connectivity index is 2.61. The molecule has 90 valence electrons. The molecule has 2 aromatic rings. The van der Waals surface area contributed by atoms with Crippen molar-refractivity contribution in [3.63, 3.8) is 0 Å². The van der Waals surface area contributed by atoms with Gasteiger partial charge in [-0.05, 0) is 18.2 Å². The van der Waals surface area contributed by atoms with Crippen molar-refractivity contribution >= 4 is 0 Å². The minimum atomic E-state index is -4.41. The summed E-state index contributed by atoms with van der Waals surface area (Å²) in [5, 5.41) is 0. The van der Waals surface area contributed by atoms with Crippen molar-refractivity contribution in [1.82, 2.24) is 4.98 Å². The quantitative estimate of drug-likeness (QED) is 0.699. The van der Waals surface area contributed by atoms with Gasteiger partial charge < -0.3 is 0 Å². The van der Waals surface area contributed by atoms with Crippen LogP contribution in [0.1, 0.15) is 11.1 Å². The predicted molar refractivity (Wildman–Crippen MR) is 62.6 cm³/mol. The fourth-order valence-electron chi connectivity index (χ4n) is 1.62. The highest BCUT2D eigenvalue weighted by atomic mass is 19.4. The molecule has 0 atom stereocenters. The lowest BCUT2D eigenvalue weighted by Gasteiger charge is -2.12. The first kappa shape index (κ1) is 12.2. The van der Waals surface area contributed by atoms with Gasteiger partial charge in [0.15, 0.2) is 0 Å². The summed E-state index contributed by atoms with van der Waals surface area (Å²) in [6, 6.07) is 8.32. The maximum Gasteiger partial charge on any atom is 0.417 e. The first-order valence-electron chi connectivity index (χ1n) is 5.11. The van der Waals surface area contributed by atoms with E-state index in [1.807, 2.05) is 0 Å². The number of hydrogen-bond donors (Lipinski definition) is 0. The maximum absolute atomic E-state index is 12.8. The van der Waals surface area contributed by atoms with Crippen LogP contribution in [0.4, 0.5) is 13.2 Å². The van der Waals surface area contributed by atoms with E-state index in [0.29, 0.717) is 5.56 Å². The van der Waals surface area contributed by atoms with Crippen LogP contribution < -0.4 is 0 Å². The molecule has 1 nitrogen and oxygen atoms in total. The van der Waals surface area contributed by atoms with Gasteiger partial charge in [-0.3, -0.25) is 4.98 Å². The number of hydrogen-bond acceptors (Lipinski definition) is 1. The molecular formula is C14H8F3N. The largest absolute Gasteiger partial charge is 0.417 e. The van der Waals surface area contributed by atoms with Crippen molar-refractivity contribution in [3.8, 4) is 23.6 Å². The number of aromatic nitrogens is 1. The van der Waals surface area contributed by atoms with Gasteiger partial charge in [-0.15, -0.1) is 6.42 Å². The highest BCUT2D eigenvalue weighted by Crippen LogP contribution is 2.36. The van der Waals surface area contributed by atoms with Gasteiger partial charge in [0.25, 0.3) is 0 Å². The molecular weight excluding hydrogens is 239 g/mol. The molecule has 18 heavy (non-hydrogen) atoms. The number of benzene rings is 1. The molecule has 0 amide bonds. The van der Waals surface area contributed by atoms with E-state index in [1.165, 1.54) is 30.5 Å². The second kappa shape index (κ2) is 4.53. The van der Waals surface area contributed by atoms with Crippen LogP contribution in [0.3, 0.4) is 0 Å². The van der Waals surface area contributed by atoms with E-state index in [9.17, 15) is 13.2 Å². The average molecular weight is 247 g/mol. The van der Waals surface area contributed by atoms with E-state index in [2.05, 4.69) is 10.9 Å². The fourth-order valence-corrected chi connectivity index (χ4v) is 1.62. The van der Waals surface area contributed by atoms with Crippen molar-refractivity contribution < 1.29 is 13.2 Å². The molecule has 1 aromatic heterocycles. The van der Waals surface area contributed by atoms with Crippen LogP contribution in [0.5, 0.6) is 0 Å². The van der Waals surface area contributed by atoms with E-state index in [4.69, 9.17) is 6.42 Å². The number of alkyl halides is 3. The van der Waals surface area contributed by atoms with Gasteiger partial charge in [-0.1, -0.05) is 24.1 Å². The summed E-state index contributed by atoms with van der Waals surface area (Å²) in [6.07, 6.45) is 2.21. The van der Waals surface area contributed by atoms with Crippen molar-refractivity contribution in [1.29, 1.82) is 0 Å². The van der Waals surface area contributed by atoms with Crippen LogP contribution in [-0.2, 0) is 6.18 Å². The molecule has 0 aliphatic rings. The third-order valence-electron chi connectivity index (χ3n) is 2.44. The Kier molecular flexibility index (Phi) is 3.07. The van der Waals surface area contributed by atoms with Gasteiger partial charge in [0, 0.05) is 17.3 Å². The Hall–Kier alpha value is -2.28. The van der Waals surface area contributed by atoms with Gasteiger partial charge >= 0.3 is 6.18 Å². The van der Waals surface area contributed by atoms with Crippen molar-refractivity contribution in [2.45, 2.75) is 6.18 Å². The highest BCUT2D eigenvalue weighted by Gasteiger charge is 2.33. The van der Waals surface area contributed by atoms with E-state index in [0.717, 1.165) is 6.07 Å². The van der Waals surface area contributed by atoms with Crippen LogP contribution in [-0.4, -0.2) is 4.98 Å². The lowest BCUT2D eigenvalue weighted by atomic mass is 10.0. The zero-order chi connectivity index (χ0) is 13.2. The van der Waals surface area contributed by atoms with E-state index in [-0.39, 0.29) is 11.3 Å². The van der Waals surface area contributed by atoms with E-state index < -0.39 is 11.7 Å². The summed E-state index contributed by atoms with van der Waals surface area (Å²) in [6.45, 7) is 0. The van der Waals surface area contributed by atoms with Crippen molar-refractivity contribution in [2.24, 2.45) is 0 Å². The molecule has 0 saturated carbocycles. The zero-order valence-electron chi connectivity index (χ0n) is 9.20. The Morgan fingerprint density at radius 2 is 1.83 bits per heavy atom. The molecule has 2 rings (SSSR count). The molecule has 0 fully saturated rings. The summed E-state index contributed by atoms with van der Waals surface area (Å²) in [5.74, 6) is 2.37. The van der Waals surface area contributed by atoms with Gasteiger partial charge in [-0.25, -0.2) is 0 Å². The molecule has 4 heteroatoms. The Morgan fingerprint density at radius 3 is 2.50 bits per heavy atom. The van der Waals surface area contributed by atoms with Crippen molar-refractivity contribution in [2.75, 3.05) is 0 Å². The zero-order valence-corrected chi connectivity index (χ0v) is 9.20. The third kappa shape index (κ3) is 2.35. The van der Waals surface area contributed by atoms with Gasteiger partial charge in [0.2, 0.25) is 0 Å². The number of halogens is 3. The predicted octanol–water partition coefficient (Wildman–Crippen LogP) is 3.75. The number of pyridine rings is 1. The second-order valence-electron chi connectivity index (χ2n) is 3.62. The molecule has 0 unspecified atom stereocenters. The van der Waals surface area contributed by atoms with E-state index in [1.54, 1.807) is 6.07 Å². The topological polar surface area (TPSA) is 12.9 Å². The number of nitrogens with zero attached hydrogens (tertiary/aromatic N) is 1. The van der Waals surface area contributed by atoms with Gasteiger partial charge in [0.05, 0.1) is 11.3 Å². The molecule has 1 heterocycles. The summed E-state index contributed by atoms with van der Waals surface area (Å²) in [5.41, 5.74) is 0.0316. The summed E-state index contributed by atoms with van der Waals surface area (Å²) in [7, 11) is 0. The second-order valence-corrected chi connectivity index (χ2v) is 3.62. The Bertz CT molecular complexity index is 609. The Morgan fingerprint density at radius 1 is 1.11 bits per heavy atom. The van der Waals surface area contributed by atoms with Crippen LogP contribution in [0, 0.1) is 12.3 Å². The molecule has 0 bridgehead atoms. The lowest BCUT2D eigenvalue weighted by Crippen LogP contribution is -2.07. The number of terminal acetylenes is 1. The average Bonchev–Trinajstić information content (AvgIpc) is 2.38. The first-order valence-corrected chi connectivity index (χ1v) is 5.11. The first-order chi connectivity index (χ1) is 8.52. The smallest absolute Gasteiger partial charge is 0.256 e. The third-order valence-corrected chi connectivity index (χ3v) is 2.44. The van der Waals surface area contributed by atoms with Gasteiger partial charge in [-0.2, -0.15) is 13.2 Å². The van der Waals surface area contributed by atoms with Crippen LogP contribution >= 0.6 is 0 Å². The molecule has 0 radical (unpaired) electrons. The molecule has 0 aliphatic carbocycles. The SMILES string of the molecule is C#Cc1ccnc(-c2ccccc2C(F)(F)F)c1. The van der Waals surface area contributed by atoms with Crippen LogP contribution in [0.2, 0.25) is 0 Å². The number of rotatable bonds is 1. The monoisotopic (exact) mass is 247 g/mol. The molecule has 0 N–H and O–H groups in total. The fraction of sp³-hybridized carbons (Fsp3) is 0.0714. The summed E-state index contributed by atoms with van der Waals surface area (Å²) in [4.78, 5) is 3.94. The van der Waals surface area contributed by atoms with Crippen LogP contribution in [0.25, 0.3) is 11.3 Å². The summed E-state index contributed by atoms with van der Waals surface area (Å²) < 4.78 is 38.5. The van der Waals surface area contributed by atoms with Gasteiger partial charge in [0.1, 0.15) is 0 Å². The minimum absolute atomic E-state index is 0.0297. The highest BCUT2D eigenvalue weighted by molar-refractivity contribution is 5.65. The molecule has 1 aromatic carbocycles. The maximum atomic E-state index is 12.8. The van der Waals surface area contributed by atoms with Crippen molar-refractivity contribution in [3.05, 3.63) is 53.7 Å². The molecule has 0 saturated heterocycles. The molecule has 0 spiro atoms. The van der Waals surface area contributed by atoms with E-state index >= 15 is 0 Å². The molecule has 0 aliphatic heterocycles. The minimum Gasteiger partial charge on any atom is -0.256 e. The lowest BCUT2D eigenvalue weighted by molar-refractivity contribution is -0.137. The van der Waals surface area contributed by atoms with Crippen LogP contribution in [0.15, 0.2) is 42.6 Å². The Labute approximate surface area is 102 Å². The summed E-state index contributed by atoms with van der Waals surface area (Å²) >= 11 is 0. The standard InChI is InChI=1S/C14H8F3N/c1-2-10-7-8-18-13(9-10)11-5-3-4-6-12(11)14(15,16)17/h1,3-9H. The normalized spacial score (nSPS) is 11.0.